The molecular formula is C13H10BrClN6O. The van der Waals surface area contributed by atoms with E-state index in [0.29, 0.717) is 21.7 Å². The van der Waals surface area contributed by atoms with Gasteiger partial charge in [0.05, 0.1) is 17.2 Å². The maximum Gasteiger partial charge on any atom is 0.277 e. The molecule has 0 saturated carbocycles. The molecule has 0 radical (unpaired) electrons. The Balaban J connectivity index is 1.70. The average Bonchev–Trinajstić information content (AvgIpc) is 3.10. The van der Waals surface area contributed by atoms with Crippen molar-refractivity contribution in [3.8, 4) is 0 Å². The molecule has 0 bridgehead atoms. The van der Waals surface area contributed by atoms with Gasteiger partial charge in [0.15, 0.2) is 0 Å². The number of hydrogen-bond acceptors (Lipinski definition) is 4. The van der Waals surface area contributed by atoms with Crippen LogP contribution in [0.4, 0.5) is 5.95 Å². The molecule has 22 heavy (non-hydrogen) atoms. The van der Waals surface area contributed by atoms with Crippen LogP contribution in [0.1, 0.15) is 16.1 Å². The van der Waals surface area contributed by atoms with Crippen LogP contribution in [-0.4, -0.2) is 30.9 Å². The summed E-state index contributed by atoms with van der Waals surface area (Å²) in [6, 6.07) is 7.48. The fourth-order valence-electron chi connectivity index (χ4n) is 1.82. The van der Waals surface area contributed by atoms with Gasteiger partial charge in [-0.2, -0.15) is 5.10 Å². The molecule has 1 aromatic carbocycles. The molecule has 0 atom stereocenters. The number of H-pyrrole nitrogens is 1. The van der Waals surface area contributed by atoms with Gasteiger partial charge in [0.25, 0.3) is 5.91 Å². The number of aromatic nitrogens is 5. The Bertz CT molecular complexity index is 814. The van der Waals surface area contributed by atoms with Gasteiger partial charge in [0.2, 0.25) is 5.95 Å². The van der Waals surface area contributed by atoms with Crippen LogP contribution >= 0.6 is 27.5 Å². The molecule has 3 rings (SSSR count). The lowest BCUT2D eigenvalue weighted by molar-refractivity contribution is 0.102. The van der Waals surface area contributed by atoms with Gasteiger partial charge in [-0.3, -0.25) is 15.2 Å². The molecule has 0 aliphatic carbocycles. The van der Waals surface area contributed by atoms with Crippen LogP contribution < -0.4 is 5.32 Å². The van der Waals surface area contributed by atoms with Crippen molar-refractivity contribution >= 4 is 39.4 Å². The van der Waals surface area contributed by atoms with E-state index in [-0.39, 0.29) is 11.9 Å². The summed E-state index contributed by atoms with van der Waals surface area (Å²) in [5.41, 5.74) is 1.23. The Labute approximate surface area is 138 Å². The second-order valence-electron chi connectivity index (χ2n) is 4.40. The average molecular weight is 382 g/mol. The number of anilines is 1. The number of aromatic amines is 1. The molecule has 2 N–H and O–H groups in total. The first kappa shape index (κ1) is 14.7. The summed E-state index contributed by atoms with van der Waals surface area (Å²) >= 11 is 9.33. The van der Waals surface area contributed by atoms with Gasteiger partial charge in [0.1, 0.15) is 12.0 Å². The highest BCUT2D eigenvalue weighted by Crippen LogP contribution is 2.16. The van der Waals surface area contributed by atoms with E-state index in [0.717, 1.165) is 5.56 Å². The number of hydrogen-bond donors (Lipinski definition) is 2. The summed E-state index contributed by atoms with van der Waals surface area (Å²) in [6.45, 7) is 0.469. The molecule has 0 unspecified atom stereocenters. The first-order valence-electron chi connectivity index (χ1n) is 6.26. The number of carbonyl (C=O) groups is 1. The van der Waals surface area contributed by atoms with E-state index in [1.54, 1.807) is 4.68 Å². The Kier molecular flexibility index (Phi) is 4.21. The van der Waals surface area contributed by atoms with E-state index in [2.05, 4.69) is 41.5 Å². The molecule has 0 aliphatic heterocycles. The third-order valence-corrected chi connectivity index (χ3v) is 3.84. The molecule has 1 amide bonds. The number of halogens is 2. The number of carbonyl (C=O) groups excluding carboxylic acids is 1. The fraction of sp³-hybridized carbons (Fsp3) is 0.0769. The standard InChI is InChI=1S/C13H10BrClN6O/c14-9-5-17-19-11(9)12(22)18-13-16-7-21(20-13)6-8-3-1-2-4-10(8)15/h1-5,7H,6H2,(H,17,19)(H,18,20,22). The van der Waals surface area contributed by atoms with E-state index >= 15 is 0 Å². The third kappa shape index (κ3) is 3.18. The van der Waals surface area contributed by atoms with Crippen molar-refractivity contribution in [2.24, 2.45) is 0 Å². The number of benzene rings is 1. The summed E-state index contributed by atoms with van der Waals surface area (Å²) in [5.74, 6) is -0.168. The van der Waals surface area contributed by atoms with Crippen LogP contribution in [0, 0.1) is 0 Å². The van der Waals surface area contributed by atoms with Gasteiger partial charge in [-0.15, -0.1) is 5.10 Å². The van der Waals surface area contributed by atoms with E-state index < -0.39 is 0 Å². The van der Waals surface area contributed by atoms with Crippen molar-refractivity contribution in [3.63, 3.8) is 0 Å². The van der Waals surface area contributed by atoms with Crippen molar-refractivity contribution in [2.75, 3.05) is 5.32 Å². The second-order valence-corrected chi connectivity index (χ2v) is 5.67. The summed E-state index contributed by atoms with van der Waals surface area (Å²) in [4.78, 5) is 16.0. The Hall–Kier alpha value is -2.19. The Morgan fingerprint density at radius 2 is 2.23 bits per heavy atom. The van der Waals surface area contributed by atoms with Crippen LogP contribution in [0.2, 0.25) is 5.02 Å². The van der Waals surface area contributed by atoms with Crippen LogP contribution in [0.5, 0.6) is 0 Å². The summed E-state index contributed by atoms with van der Waals surface area (Å²) < 4.78 is 2.17. The van der Waals surface area contributed by atoms with Gasteiger partial charge in [-0.05, 0) is 27.6 Å². The van der Waals surface area contributed by atoms with E-state index in [9.17, 15) is 4.79 Å². The maximum atomic E-state index is 12.0. The summed E-state index contributed by atoms with van der Waals surface area (Å²) in [7, 11) is 0. The zero-order valence-corrected chi connectivity index (χ0v) is 13.5. The molecule has 2 heterocycles. The van der Waals surface area contributed by atoms with Crippen molar-refractivity contribution < 1.29 is 4.79 Å². The first-order chi connectivity index (χ1) is 10.6. The minimum Gasteiger partial charge on any atom is -0.288 e. The predicted octanol–water partition coefficient (Wildman–Crippen LogP) is 2.72. The van der Waals surface area contributed by atoms with Gasteiger partial charge in [-0.25, -0.2) is 9.67 Å². The number of amides is 1. The van der Waals surface area contributed by atoms with Gasteiger partial charge < -0.3 is 0 Å². The monoisotopic (exact) mass is 380 g/mol. The normalized spacial score (nSPS) is 10.6. The van der Waals surface area contributed by atoms with Crippen LogP contribution in [0.15, 0.2) is 41.3 Å². The smallest absolute Gasteiger partial charge is 0.277 e. The maximum absolute atomic E-state index is 12.0. The van der Waals surface area contributed by atoms with E-state index in [4.69, 9.17) is 11.6 Å². The Morgan fingerprint density at radius 3 is 2.95 bits per heavy atom. The largest absolute Gasteiger partial charge is 0.288 e. The van der Waals surface area contributed by atoms with Crippen molar-refractivity contribution in [1.29, 1.82) is 0 Å². The SMILES string of the molecule is O=C(Nc1ncn(Cc2ccccc2Cl)n1)c1[nH]ncc1Br. The minimum absolute atomic E-state index is 0.207. The fourth-order valence-corrected chi connectivity index (χ4v) is 2.39. The van der Waals surface area contributed by atoms with Crippen LogP contribution in [0.25, 0.3) is 0 Å². The topological polar surface area (TPSA) is 88.5 Å². The quantitative estimate of drug-likeness (QED) is 0.727. The third-order valence-electron chi connectivity index (χ3n) is 2.87. The summed E-state index contributed by atoms with van der Waals surface area (Å²) in [5, 5.41) is 13.8. The number of rotatable bonds is 4. The van der Waals surface area contributed by atoms with Crippen LogP contribution in [0.3, 0.4) is 0 Å². The van der Waals surface area contributed by atoms with Crippen molar-refractivity contribution in [3.05, 3.63) is 57.5 Å². The van der Waals surface area contributed by atoms with E-state index in [1.165, 1.54) is 12.5 Å². The number of nitrogens with zero attached hydrogens (tertiary/aromatic N) is 4. The molecule has 3 aromatic rings. The second kappa shape index (κ2) is 6.29. The highest BCUT2D eigenvalue weighted by Gasteiger charge is 2.14. The zero-order chi connectivity index (χ0) is 15.5. The summed E-state index contributed by atoms with van der Waals surface area (Å²) in [6.07, 6.45) is 3.03. The highest BCUT2D eigenvalue weighted by atomic mass is 79.9. The van der Waals surface area contributed by atoms with Gasteiger partial charge >= 0.3 is 0 Å². The number of nitrogens with one attached hydrogen (secondary N) is 2. The van der Waals surface area contributed by atoms with Gasteiger partial charge in [-0.1, -0.05) is 29.8 Å². The molecule has 0 spiro atoms. The minimum atomic E-state index is -0.375. The van der Waals surface area contributed by atoms with Crippen LogP contribution in [-0.2, 0) is 6.54 Å². The molecule has 2 aromatic heterocycles. The molecule has 0 aliphatic rings. The lowest BCUT2D eigenvalue weighted by atomic mass is 10.2. The lowest BCUT2D eigenvalue weighted by Crippen LogP contribution is -2.14. The molecular weight excluding hydrogens is 372 g/mol. The molecule has 0 fully saturated rings. The first-order valence-corrected chi connectivity index (χ1v) is 7.43. The molecule has 0 saturated heterocycles. The highest BCUT2D eigenvalue weighted by molar-refractivity contribution is 9.10. The zero-order valence-electron chi connectivity index (χ0n) is 11.1. The van der Waals surface area contributed by atoms with Crippen molar-refractivity contribution in [1.82, 2.24) is 25.0 Å². The predicted molar refractivity (Wildman–Crippen MR) is 84.8 cm³/mol. The van der Waals surface area contributed by atoms with E-state index in [1.807, 2.05) is 24.3 Å². The molecule has 112 valence electrons. The van der Waals surface area contributed by atoms with Gasteiger partial charge in [0, 0.05) is 5.02 Å². The Morgan fingerprint density at radius 1 is 1.41 bits per heavy atom. The lowest BCUT2D eigenvalue weighted by Gasteiger charge is -2.03. The van der Waals surface area contributed by atoms with Crippen molar-refractivity contribution in [2.45, 2.75) is 6.54 Å². The molecule has 7 nitrogen and oxygen atoms in total. The molecule has 9 heteroatoms.